The summed E-state index contributed by atoms with van der Waals surface area (Å²) in [5.41, 5.74) is 2.27. The van der Waals surface area contributed by atoms with E-state index in [1.807, 2.05) is 11.4 Å². The van der Waals surface area contributed by atoms with Crippen molar-refractivity contribution in [2.45, 2.75) is 20.0 Å². The smallest absolute Gasteiger partial charge is 0.231 e. The molecule has 1 saturated heterocycles. The summed E-state index contributed by atoms with van der Waals surface area (Å²) >= 11 is 1.48. The monoisotopic (exact) mass is 374 g/mol. The summed E-state index contributed by atoms with van der Waals surface area (Å²) in [7, 11) is 0. The van der Waals surface area contributed by atoms with Crippen molar-refractivity contribution in [2.24, 2.45) is 0 Å². The average Bonchev–Trinajstić information content (AvgIpc) is 3.25. The van der Waals surface area contributed by atoms with E-state index >= 15 is 0 Å². The van der Waals surface area contributed by atoms with Crippen molar-refractivity contribution in [3.63, 3.8) is 0 Å². The number of aromatic nitrogens is 1. The molecule has 1 amide bonds. The fourth-order valence-electron chi connectivity index (χ4n) is 3.22. The van der Waals surface area contributed by atoms with Gasteiger partial charge in [-0.25, -0.2) is 4.98 Å². The van der Waals surface area contributed by atoms with Crippen LogP contribution >= 0.6 is 11.3 Å². The summed E-state index contributed by atoms with van der Waals surface area (Å²) in [6.07, 6.45) is 0. The second kappa shape index (κ2) is 7.61. The maximum atomic E-state index is 11.1. The number of hydrogen-bond donors (Lipinski definition) is 1. The van der Waals surface area contributed by atoms with Crippen LogP contribution in [0.2, 0.25) is 0 Å². The summed E-state index contributed by atoms with van der Waals surface area (Å²) in [5, 5.41) is 5.43. The lowest BCUT2D eigenvalue weighted by molar-refractivity contribution is -0.114. The molecule has 1 N–H and O–H groups in total. The molecule has 0 radical (unpaired) electrons. The molecule has 0 bridgehead atoms. The van der Waals surface area contributed by atoms with Gasteiger partial charge in [0.2, 0.25) is 12.7 Å². The number of nitrogens with zero attached hydrogens (tertiary/aromatic N) is 3. The Kier molecular flexibility index (Phi) is 5.05. The Labute approximate surface area is 156 Å². The molecule has 8 heteroatoms. The molecule has 0 atom stereocenters. The molecule has 3 heterocycles. The van der Waals surface area contributed by atoms with E-state index in [1.54, 1.807) is 0 Å². The number of carbonyl (C=O) groups excluding carboxylic acids is 1. The highest BCUT2D eigenvalue weighted by molar-refractivity contribution is 7.13. The molecule has 2 aliphatic rings. The van der Waals surface area contributed by atoms with Gasteiger partial charge in [0.15, 0.2) is 16.6 Å². The van der Waals surface area contributed by atoms with E-state index in [0.29, 0.717) is 11.9 Å². The number of carbonyl (C=O) groups is 1. The van der Waals surface area contributed by atoms with E-state index in [1.165, 1.54) is 23.8 Å². The maximum Gasteiger partial charge on any atom is 0.231 e. The van der Waals surface area contributed by atoms with Crippen molar-refractivity contribution in [1.29, 1.82) is 0 Å². The molecular weight excluding hydrogens is 352 g/mol. The summed E-state index contributed by atoms with van der Waals surface area (Å²) in [4.78, 5) is 20.4. The van der Waals surface area contributed by atoms with Crippen LogP contribution in [0.25, 0.3) is 0 Å². The number of hydrogen-bond acceptors (Lipinski definition) is 7. The second-order valence-corrected chi connectivity index (χ2v) is 7.42. The average molecular weight is 374 g/mol. The van der Waals surface area contributed by atoms with E-state index in [9.17, 15) is 4.79 Å². The molecule has 2 aliphatic heterocycles. The predicted molar refractivity (Wildman–Crippen MR) is 99.5 cm³/mol. The molecule has 1 aromatic carbocycles. The lowest BCUT2D eigenvalue weighted by Gasteiger charge is -2.34. The van der Waals surface area contributed by atoms with Gasteiger partial charge in [-0.1, -0.05) is 6.07 Å². The summed E-state index contributed by atoms with van der Waals surface area (Å²) in [5.74, 6) is 1.60. The van der Waals surface area contributed by atoms with Gasteiger partial charge in [-0.2, -0.15) is 0 Å². The lowest BCUT2D eigenvalue weighted by Crippen LogP contribution is -2.45. The van der Waals surface area contributed by atoms with Gasteiger partial charge in [0.05, 0.1) is 5.69 Å². The molecule has 0 aliphatic carbocycles. The molecule has 138 valence electrons. The van der Waals surface area contributed by atoms with Crippen molar-refractivity contribution in [1.82, 2.24) is 14.8 Å². The fourth-order valence-corrected chi connectivity index (χ4v) is 3.97. The van der Waals surface area contributed by atoms with Crippen molar-refractivity contribution >= 4 is 22.4 Å². The minimum absolute atomic E-state index is 0.0805. The van der Waals surface area contributed by atoms with Gasteiger partial charge in [-0.15, -0.1) is 11.3 Å². The predicted octanol–water partition coefficient (Wildman–Crippen LogP) is 2.15. The normalized spacial score (nSPS) is 17.4. The van der Waals surface area contributed by atoms with Crippen LogP contribution in [0.5, 0.6) is 11.5 Å². The lowest BCUT2D eigenvalue weighted by atomic mass is 10.1. The van der Waals surface area contributed by atoms with E-state index < -0.39 is 0 Å². The highest BCUT2D eigenvalue weighted by Gasteiger charge is 2.19. The van der Waals surface area contributed by atoms with Crippen LogP contribution in [0.1, 0.15) is 18.2 Å². The first-order valence-corrected chi connectivity index (χ1v) is 9.59. The number of piperazine rings is 1. The zero-order valence-electron chi connectivity index (χ0n) is 14.7. The van der Waals surface area contributed by atoms with Gasteiger partial charge in [-0.3, -0.25) is 14.6 Å². The number of amides is 1. The third-order valence-electron chi connectivity index (χ3n) is 4.53. The van der Waals surface area contributed by atoms with Crippen LogP contribution in [-0.2, 0) is 17.9 Å². The zero-order chi connectivity index (χ0) is 17.9. The summed E-state index contributed by atoms with van der Waals surface area (Å²) in [6, 6.07) is 6.18. The van der Waals surface area contributed by atoms with Gasteiger partial charge < -0.3 is 14.8 Å². The van der Waals surface area contributed by atoms with E-state index in [0.717, 1.165) is 56.5 Å². The SMILES string of the molecule is CC(=O)Nc1nc(CN2CCN(Cc3ccc4c(c3)OCO4)CC2)cs1. The molecule has 1 aromatic heterocycles. The van der Waals surface area contributed by atoms with Crippen LogP contribution in [0.3, 0.4) is 0 Å². The number of nitrogens with one attached hydrogen (secondary N) is 1. The molecular formula is C18H22N4O3S. The third kappa shape index (κ3) is 4.14. The van der Waals surface area contributed by atoms with Crippen LogP contribution in [0.4, 0.5) is 5.13 Å². The van der Waals surface area contributed by atoms with Gasteiger partial charge in [0.25, 0.3) is 0 Å². The fraction of sp³-hybridized carbons (Fsp3) is 0.444. The van der Waals surface area contributed by atoms with Gasteiger partial charge in [0.1, 0.15) is 0 Å². The van der Waals surface area contributed by atoms with Gasteiger partial charge >= 0.3 is 0 Å². The highest BCUT2D eigenvalue weighted by atomic mass is 32.1. The molecule has 2 aromatic rings. The largest absolute Gasteiger partial charge is 0.454 e. The number of fused-ring (bicyclic) bond motifs is 1. The van der Waals surface area contributed by atoms with Crippen LogP contribution < -0.4 is 14.8 Å². The number of thiazole rings is 1. The van der Waals surface area contributed by atoms with E-state index in [-0.39, 0.29) is 5.91 Å². The topological polar surface area (TPSA) is 66.9 Å². The Balaban J connectivity index is 1.26. The minimum atomic E-state index is -0.0805. The molecule has 0 saturated carbocycles. The Bertz CT molecular complexity index is 786. The highest BCUT2D eigenvalue weighted by Crippen LogP contribution is 2.32. The van der Waals surface area contributed by atoms with Crippen molar-refractivity contribution in [3.8, 4) is 11.5 Å². The van der Waals surface area contributed by atoms with Crippen molar-refractivity contribution in [3.05, 3.63) is 34.8 Å². The molecule has 7 nitrogen and oxygen atoms in total. The number of anilines is 1. The first kappa shape index (κ1) is 17.3. The molecule has 0 spiro atoms. The number of ether oxygens (including phenoxy) is 2. The van der Waals surface area contributed by atoms with Gasteiger partial charge in [0, 0.05) is 51.6 Å². The zero-order valence-corrected chi connectivity index (χ0v) is 15.6. The Hall–Kier alpha value is -2.16. The number of benzene rings is 1. The second-order valence-electron chi connectivity index (χ2n) is 6.57. The quantitative estimate of drug-likeness (QED) is 0.865. The molecule has 4 rings (SSSR count). The summed E-state index contributed by atoms with van der Waals surface area (Å²) < 4.78 is 10.8. The third-order valence-corrected chi connectivity index (χ3v) is 5.33. The molecule has 26 heavy (non-hydrogen) atoms. The first-order chi connectivity index (χ1) is 12.7. The van der Waals surface area contributed by atoms with Crippen LogP contribution in [0.15, 0.2) is 23.6 Å². The summed E-state index contributed by atoms with van der Waals surface area (Å²) in [6.45, 7) is 7.64. The first-order valence-electron chi connectivity index (χ1n) is 8.71. The van der Waals surface area contributed by atoms with Crippen molar-refractivity contribution < 1.29 is 14.3 Å². The standard InChI is InChI=1S/C18H22N4O3S/c1-13(23)19-18-20-15(11-26-18)10-22-6-4-21(5-7-22)9-14-2-3-16-17(8-14)25-12-24-16/h2-3,8,11H,4-7,9-10,12H2,1H3,(H,19,20,23). The van der Waals surface area contributed by atoms with Crippen LogP contribution in [0, 0.1) is 0 Å². The van der Waals surface area contributed by atoms with Gasteiger partial charge in [-0.05, 0) is 17.7 Å². The van der Waals surface area contributed by atoms with Crippen LogP contribution in [-0.4, -0.2) is 53.7 Å². The minimum Gasteiger partial charge on any atom is -0.454 e. The van der Waals surface area contributed by atoms with Crippen molar-refractivity contribution in [2.75, 3.05) is 38.3 Å². The number of rotatable bonds is 5. The van der Waals surface area contributed by atoms with E-state index in [2.05, 4.69) is 32.2 Å². The maximum absolute atomic E-state index is 11.1. The Morgan fingerprint density at radius 3 is 2.65 bits per heavy atom. The molecule has 0 unspecified atom stereocenters. The Morgan fingerprint density at radius 2 is 1.88 bits per heavy atom. The van der Waals surface area contributed by atoms with E-state index in [4.69, 9.17) is 9.47 Å². The molecule has 1 fully saturated rings. The Morgan fingerprint density at radius 1 is 1.15 bits per heavy atom.